The van der Waals surface area contributed by atoms with Crippen molar-refractivity contribution in [1.82, 2.24) is 4.98 Å². The molecule has 1 aromatic carbocycles. The van der Waals surface area contributed by atoms with Gasteiger partial charge in [-0.15, -0.1) is 0 Å². The Morgan fingerprint density at radius 3 is 2.81 bits per heavy atom. The molecule has 0 saturated carbocycles. The Labute approximate surface area is 103 Å². The first kappa shape index (κ1) is 11.0. The maximum Gasteiger partial charge on any atom is 0.101 e. The van der Waals surface area contributed by atoms with E-state index in [-0.39, 0.29) is 0 Å². The number of nitriles is 1. The van der Waals surface area contributed by atoms with Crippen molar-refractivity contribution in [3.63, 3.8) is 0 Å². The molecule has 0 spiro atoms. The molecule has 2 aromatic rings. The second-order valence-corrected chi connectivity index (χ2v) is 4.52. The van der Waals surface area contributed by atoms with Crippen molar-refractivity contribution >= 4 is 23.4 Å². The molecule has 0 bridgehead atoms. The van der Waals surface area contributed by atoms with Crippen molar-refractivity contribution in [2.75, 3.05) is 0 Å². The largest absolute Gasteiger partial charge is 0.250 e. The minimum atomic E-state index is 0.611. The lowest BCUT2D eigenvalue weighted by Gasteiger charge is -2.03. The highest BCUT2D eigenvalue weighted by atomic mass is 35.5. The first-order valence-corrected chi connectivity index (χ1v) is 5.77. The molecule has 0 N–H and O–H groups in total. The summed E-state index contributed by atoms with van der Waals surface area (Å²) in [6.07, 6.45) is 1.72. The van der Waals surface area contributed by atoms with Crippen LogP contribution < -0.4 is 0 Å². The Kier molecular flexibility index (Phi) is 3.45. The number of nitrogens with zero attached hydrogens (tertiary/aromatic N) is 2. The second kappa shape index (κ2) is 5.02. The first-order valence-electron chi connectivity index (χ1n) is 4.58. The quantitative estimate of drug-likeness (QED) is 0.810. The molecule has 0 aliphatic heterocycles. The van der Waals surface area contributed by atoms with Gasteiger partial charge in [0.05, 0.1) is 5.56 Å². The van der Waals surface area contributed by atoms with E-state index in [1.807, 2.05) is 18.2 Å². The third kappa shape index (κ3) is 2.54. The molecule has 1 heterocycles. The SMILES string of the molecule is N#Cc1ccc(Cl)cc1Sc1ccccn1. The third-order valence-corrected chi connectivity index (χ3v) is 3.16. The molecule has 2 rings (SSSR count). The van der Waals surface area contributed by atoms with Crippen LogP contribution in [0.25, 0.3) is 0 Å². The fraction of sp³-hybridized carbons (Fsp3) is 0. The maximum absolute atomic E-state index is 8.96. The summed E-state index contributed by atoms with van der Waals surface area (Å²) in [5.41, 5.74) is 0.611. The van der Waals surface area contributed by atoms with Crippen LogP contribution in [0.3, 0.4) is 0 Å². The van der Waals surface area contributed by atoms with E-state index in [1.54, 1.807) is 24.4 Å². The van der Waals surface area contributed by atoms with E-state index in [9.17, 15) is 0 Å². The van der Waals surface area contributed by atoms with Crippen LogP contribution in [0.4, 0.5) is 0 Å². The summed E-state index contributed by atoms with van der Waals surface area (Å²) >= 11 is 7.33. The summed E-state index contributed by atoms with van der Waals surface area (Å²) < 4.78 is 0. The zero-order valence-electron chi connectivity index (χ0n) is 8.22. The summed E-state index contributed by atoms with van der Waals surface area (Å²) in [6.45, 7) is 0. The zero-order chi connectivity index (χ0) is 11.4. The smallest absolute Gasteiger partial charge is 0.101 e. The number of benzene rings is 1. The molecule has 0 amide bonds. The molecule has 16 heavy (non-hydrogen) atoms. The van der Waals surface area contributed by atoms with E-state index >= 15 is 0 Å². The lowest BCUT2D eigenvalue weighted by Crippen LogP contribution is -1.83. The number of hydrogen-bond donors (Lipinski definition) is 0. The average molecular weight is 247 g/mol. The molecule has 0 unspecified atom stereocenters. The second-order valence-electron chi connectivity index (χ2n) is 3.02. The van der Waals surface area contributed by atoms with Gasteiger partial charge in [-0.25, -0.2) is 4.98 Å². The number of rotatable bonds is 2. The number of pyridine rings is 1. The monoisotopic (exact) mass is 246 g/mol. The lowest BCUT2D eigenvalue weighted by atomic mass is 10.2. The Morgan fingerprint density at radius 1 is 1.25 bits per heavy atom. The summed E-state index contributed by atoms with van der Waals surface area (Å²) in [4.78, 5) is 5.02. The van der Waals surface area contributed by atoms with Gasteiger partial charge in [0.1, 0.15) is 11.1 Å². The van der Waals surface area contributed by atoms with Crippen LogP contribution in [0.1, 0.15) is 5.56 Å². The Balaban J connectivity index is 2.35. The van der Waals surface area contributed by atoms with Gasteiger partial charge in [-0.2, -0.15) is 5.26 Å². The van der Waals surface area contributed by atoms with Crippen LogP contribution in [-0.2, 0) is 0 Å². The number of halogens is 1. The molecule has 0 aliphatic rings. The van der Waals surface area contributed by atoms with Crippen LogP contribution in [-0.4, -0.2) is 4.98 Å². The number of hydrogen-bond acceptors (Lipinski definition) is 3. The average Bonchev–Trinajstić information content (AvgIpc) is 2.31. The highest BCUT2D eigenvalue weighted by Gasteiger charge is 2.05. The van der Waals surface area contributed by atoms with Gasteiger partial charge in [0.2, 0.25) is 0 Å². The van der Waals surface area contributed by atoms with Gasteiger partial charge in [0.25, 0.3) is 0 Å². The Hall–Kier alpha value is -1.50. The first-order chi connectivity index (χ1) is 7.79. The fourth-order valence-electron chi connectivity index (χ4n) is 1.19. The van der Waals surface area contributed by atoms with Crippen LogP contribution in [0.15, 0.2) is 52.5 Å². The van der Waals surface area contributed by atoms with Crippen molar-refractivity contribution in [2.24, 2.45) is 0 Å². The molecule has 78 valence electrons. The van der Waals surface area contributed by atoms with Crippen molar-refractivity contribution in [2.45, 2.75) is 9.92 Å². The molecule has 0 saturated heterocycles. The van der Waals surface area contributed by atoms with E-state index < -0.39 is 0 Å². The van der Waals surface area contributed by atoms with Crippen LogP contribution in [0.2, 0.25) is 5.02 Å². The predicted molar refractivity (Wildman–Crippen MR) is 64.5 cm³/mol. The third-order valence-electron chi connectivity index (χ3n) is 1.92. The van der Waals surface area contributed by atoms with E-state index in [4.69, 9.17) is 16.9 Å². The van der Waals surface area contributed by atoms with Crippen molar-refractivity contribution in [1.29, 1.82) is 5.26 Å². The van der Waals surface area contributed by atoms with Crippen LogP contribution >= 0.6 is 23.4 Å². The van der Waals surface area contributed by atoms with E-state index in [0.717, 1.165) is 9.92 Å². The highest BCUT2D eigenvalue weighted by Crippen LogP contribution is 2.30. The minimum Gasteiger partial charge on any atom is -0.250 e. The van der Waals surface area contributed by atoms with Crippen LogP contribution in [0, 0.1) is 11.3 Å². The van der Waals surface area contributed by atoms with E-state index in [1.165, 1.54) is 11.8 Å². The molecule has 0 atom stereocenters. The van der Waals surface area contributed by atoms with Gasteiger partial charge in [0, 0.05) is 16.1 Å². The van der Waals surface area contributed by atoms with E-state index in [0.29, 0.717) is 10.6 Å². The van der Waals surface area contributed by atoms with Crippen molar-refractivity contribution < 1.29 is 0 Å². The molecule has 4 heteroatoms. The highest BCUT2D eigenvalue weighted by molar-refractivity contribution is 7.99. The maximum atomic E-state index is 8.96. The molecule has 0 aliphatic carbocycles. The van der Waals surface area contributed by atoms with Gasteiger partial charge >= 0.3 is 0 Å². The number of aromatic nitrogens is 1. The molecule has 2 nitrogen and oxygen atoms in total. The molecule has 0 fully saturated rings. The van der Waals surface area contributed by atoms with Gasteiger partial charge in [-0.3, -0.25) is 0 Å². The summed E-state index contributed by atoms with van der Waals surface area (Å²) in [7, 11) is 0. The Morgan fingerprint density at radius 2 is 2.12 bits per heavy atom. The van der Waals surface area contributed by atoms with Gasteiger partial charge in [0.15, 0.2) is 0 Å². The lowest BCUT2D eigenvalue weighted by molar-refractivity contribution is 1.13. The molecule has 1 aromatic heterocycles. The zero-order valence-corrected chi connectivity index (χ0v) is 9.79. The van der Waals surface area contributed by atoms with E-state index in [2.05, 4.69) is 11.1 Å². The standard InChI is InChI=1S/C12H7ClN2S/c13-10-5-4-9(8-14)11(7-10)16-12-3-1-2-6-15-12/h1-7H. The van der Waals surface area contributed by atoms with Gasteiger partial charge < -0.3 is 0 Å². The predicted octanol–water partition coefficient (Wildman–Crippen LogP) is 3.76. The van der Waals surface area contributed by atoms with Gasteiger partial charge in [-0.05, 0) is 30.3 Å². The summed E-state index contributed by atoms with van der Waals surface area (Å²) in [5.74, 6) is 0. The summed E-state index contributed by atoms with van der Waals surface area (Å²) in [6, 6.07) is 13.0. The van der Waals surface area contributed by atoms with Crippen molar-refractivity contribution in [3.05, 3.63) is 53.2 Å². The molecular formula is C12H7ClN2S. The molecule has 0 radical (unpaired) electrons. The molecular weight excluding hydrogens is 240 g/mol. The summed E-state index contributed by atoms with van der Waals surface area (Å²) in [5, 5.41) is 10.4. The minimum absolute atomic E-state index is 0.611. The fourth-order valence-corrected chi connectivity index (χ4v) is 2.32. The van der Waals surface area contributed by atoms with Gasteiger partial charge in [-0.1, -0.05) is 29.4 Å². The normalized spacial score (nSPS) is 9.75. The van der Waals surface area contributed by atoms with Crippen molar-refractivity contribution in [3.8, 4) is 6.07 Å². The van der Waals surface area contributed by atoms with Crippen LogP contribution in [0.5, 0.6) is 0 Å². The topological polar surface area (TPSA) is 36.7 Å². The Bertz CT molecular complexity index is 534.